The summed E-state index contributed by atoms with van der Waals surface area (Å²) >= 11 is 0. The Bertz CT molecular complexity index is 163. The van der Waals surface area contributed by atoms with Crippen molar-refractivity contribution in [2.45, 2.75) is 31.5 Å². The Morgan fingerprint density at radius 1 is 1.46 bits per heavy atom. The molecule has 13 heavy (non-hydrogen) atoms. The van der Waals surface area contributed by atoms with E-state index in [4.69, 9.17) is 4.74 Å². The lowest BCUT2D eigenvalue weighted by molar-refractivity contribution is -0.134. The minimum Gasteiger partial charge on any atom is -0.379 e. The summed E-state index contributed by atoms with van der Waals surface area (Å²) < 4.78 is 40.4. The summed E-state index contributed by atoms with van der Waals surface area (Å²) in [5, 5.41) is 2.87. The maximum Gasteiger partial charge on any atom is 0.390 e. The second kappa shape index (κ2) is 3.84. The Balaban J connectivity index is 2.18. The zero-order valence-electron chi connectivity index (χ0n) is 7.58. The summed E-state index contributed by atoms with van der Waals surface area (Å²) in [6, 6.07) is 0. The molecule has 1 rings (SSSR count). The lowest BCUT2D eigenvalue weighted by Crippen LogP contribution is -2.44. The van der Waals surface area contributed by atoms with Crippen molar-refractivity contribution in [1.82, 2.24) is 5.32 Å². The molecule has 2 nitrogen and oxygen atoms in total. The standard InChI is InChI=1S/C8H14F3NO/c1-7(3-5-13-6-7)12-4-2-8(9,10)11/h12H,2-6H2,1H3. The SMILES string of the molecule is CC1(NCCC(F)(F)F)CCOC1. The van der Waals surface area contributed by atoms with Crippen molar-refractivity contribution in [3.8, 4) is 0 Å². The highest BCUT2D eigenvalue weighted by atomic mass is 19.4. The quantitative estimate of drug-likeness (QED) is 0.743. The van der Waals surface area contributed by atoms with E-state index in [1.807, 2.05) is 6.92 Å². The Kier molecular flexibility index (Phi) is 3.18. The van der Waals surface area contributed by atoms with Gasteiger partial charge in [-0.2, -0.15) is 13.2 Å². The average molecular weight is 197 g/mol. The van der Waals surface area contributed by atoms with Crippen LogP contribution in [0.25, 0.3) is 0 Å². The molecule has 1 unspecified atom stereocenters. The van der Waals surface area contributed by atoms with Crippen LogP contribution < -0.4 is 5.32 Å². The molecule has 1 N–H and O–H groups in total. The third-order valence-corrected chi connectivity index (χ3v) is 2.18. The summed E-state index contributed by atoms with van der Waals surface area (Å²) in [5.74, 6) is 0. The molecule has 0 radical (unpaired) electrons. The summed E-state index contributed by atoms with van der Waals surface area (Å²) in [7, 11) is 0. The van der Waals surface area contributed by atoms with E-state index >= 15 is 0 Å². The van der Waals surface area contributed by atoms with Crippen molar-refractivity contribution >= 4 is 0 Å². The molecule has 5 heteroatoms. The maximum atomic E-state index is 11.8. The van der Waals surface area contributed by atoms with Crippen LogP contribution in [0.5, 0.6) is 0 Å². The Labute approximate surface area is 75.4 Å². The molecular formula is C8H14F3NO. The molecule has 0 aromatic rings. The lowest BCUT2D eigenvalue weighted by Gasteiger charge is -2.23. The van der Waals surface area contributed by atoms with E-state index in [0.717, 1.165) is 6.42 Å². The van der Waals surface area contributed by atoms with E-state index in [9.17, 15) is 13.2 Å². The normalized spacial score (nSPS) is 29.5. The first-order valence-electron chi connectivity index (χ1n) is 4.31. The molecule has 1 heterocycles. The number of alkyl halides is 3. The zero-order chi connectivity index (χ0) is 9.95. The van der Waals surface area contributed by atoms with Crippen molar-refractivity contribution in [3.05, 3.63) is 0 Å². The molecule has 1 saturated heterocycles. The first kappa shape index (κ1) is 10.8. The van der Waals surface area contributed by atoms with Gasteiger partial charge in [-0.1, -0.05) is 0 Å². The van der Waals surface area contributed by atoms with Crippen LogP contribution in [0.15, 0.2) is 0 Å². The highest BCUT2D eigenvalue weighted by molar-refractivity contribution is 4.86. The number of ether oxygens (including phenoxy) is 1. The molecule has 1 aliphatic heterocycles. The van der Waals surface area contributed by atoms with Gasteiger partial charge in [-0.3, -0.25) is 0 Å². The first-order chi connectivity index (χ1) is 5.91. The summed E-state index contributed by atoms with van der Waals surface area (Å²) in [4.78, 5) is 0. The zero-order valence-corrected chi connectivity index (χ0v) is 7.58. The third-order valence-electron chi connectivity index (χ3n) is 2.18. The highest BCUT2D eigenvalue weighted by Gasteiger charge is 2.31. The van der Waals surface area contributed by atoms with Gasteiger partial charge in [0.1, 0.15) is 0 Å². The Hall–Kier alpha value is -0.290. The van der Waals surface area contributed by atoms with Crippen LogP contribution >= 0.6 is 0 Å². The van der Waals surface area contributed by atoms with Crippen LogP contribution in [0.3, 0.4) is 0 Å². The second-order valence-electron chi connectivity index (χ2n) is 3.66. The molecule has 1 aliphatic rings. The summed E-state index contributed by atoms with van der Waals surface area (Å²) in [5.41, 5.74) is -0.259. The van der Waals surface area contributed by atoms with Gasteiger partial charge in [0, 0.05) is 18.7 Å². The Morgan fingerprint density at radius 2 is 2.15 bits per heavy atom. The van der Waals surface area contributed by atoms with E-state index < -0.39 is 12.6 Å². The van der Waals surface area contributed by atoms with Gasteiger partial charge in [0.05, 0.1) is 13.0 Å². The number of rotatable bonds is 3. The molecule has 0 aromatic heterocycles. The molecule has 0 aliphatic carbocycles. The molecule has 0 bridgehead atoms. The van der Waals surface area contributed by atoms with Crippen molar-refractivity contribution in [2.75, 3.05) is 19.8 Å². The molecule has 0 saturated carbocycles. The van der Waals surface area contributed by atoms with Gasteiger partial charge in [-0.15, -0.1) is 0 Å². The molecule has 1 fully saturated rings. The van der Waals surface area contributed by atoms with Gasteiger partial charge in [0.2, 0.25) is 0 Å². The molecule has 0 spiro atoms. The van der Waals surface area contributed by atoms with Crippen LogP contribution in [-0.4, -0.2) is 31.5 Å². The van der Waals surface area contributed by atoms with E-state index in [1.54, 1.807) is 0 Å². The molecule has 0 amide bonds. The van der Waals surface area contributed by atoms with Crippen molar-refractivity contribution < 1.29 is 17.9 Å². The van der Waals surface area contributed by atoms with E-state index in [1.165, 1.54) is 0 Å². The van der Waals surface area contributed by atoms with Gasteiger partial charge in [0.15, 0.2) is 0 Å². The average Bonchev–Trinajstić information content (AvgIpc) is 2.33. The molecule has 1 atom stereocenters. The number of hydrogen-bond donors (Lipinski definition) is 1. The fourth-order valence-corrected chi connectivity index (χ4v) is 1.31. The minimum atomic E-state index is -4.07. The van der Waals surface area contributed by atoms with Gasteiger partial charge in [-0.25, -0.2) is 0 Å². The van der Waals surface area contributed by atoms with E-state index in [-0.39, 0.29) is 12.1 Å². The van der Waals surface area contributed by atoms with Gasteiger partial charge >= 0.3 is 6.18 Å². The van der Waals surface area contributed by atoms with Crippen molar-refractivity contribution in [2.24, 2.45) is 0 Å². The van der Waals surface area contributed by atoms with Gasteiger partial charge < -0.3 is 10.1 Å². The predicted molar refractivity (Wildman–Crippen MR) is 42.5 cm³/mol. The highest BCUT2D eigenvalue weighted by Crippen LogP contribution is 2.21. The van der Waals surface area contributed by atoms with Gasteiger partial charge in [0.25, 0.3) is 0 Å². The van der Waals surface area contributed by atoms with Crippen LogP contribution in [0.1, 0.15) is 19.8 Å². The predicted octanol–water partition coefficient (Wildman–Crippen LogP) is 1.71. The van der Waals surface area contributed by atoms with E-state index in [0.29, 0.717) is 13.2 Å². The second-order valence-corrected chi connectivity index (χ2v) is 3.66. The van der Waals surface area contributed by atoms with Gasteiger partial charge in [-0.05, 0) is 13.3 Å². The molecule has 0 aromatic carbocycles. The van der Waals surface area contributed by atoms with E-state index in [2.05, 4.69) is 5.32 Å². The minimum absolute atomic E-state index is 0.0244. The smallest absolute Gasteiger partial charge is 0.379 e. The monoisotopic (exact) mass is 197 g/mol. The third kappa shape index (κ3) is 3.95. The first-order valence-corrected chi connectivity index (χ1v) is 4.31. The molecular weight excluding hydrogens is 183 g/mol. The molecule has 78 valence electrons. The topological polar surface area (TPSA) is 21.3 Å². The van der Waals surface area contributed by atoms with Crippen LogP contribution in [0, 0.1) is 0 Å². The summed E-state index contributed by atoms with van der Waals surface area (Å²) in [6.07, 6.45) is -4.06. The fraction of sp³-hybridized carbons (Fsp3) is 1.00. The number of nitrogens with one attached hydrogen (secondary N) is 1. The van der Waals surface area contributed by atoms with Crippen LogP contribution in [0.2, 0.25) is 0 Å². The number of halogens is 3. The largest absolute Gasteiger partial charge is 0.390 e. The lowest BCUT2D eigenvalue weighted by atomic mass is 10.0. The van der Waals surface area contributed by atoms with Crippen LogP contribution in [-0.2, 0) is 4.74 Å². The fourth-order valence-electron chi connectivity index (χ4n) is 1.31. The summed E-state index contributed by atoms with van der Waals surface area (Å²) in [6.45, 7) is 3.00. The Morgan fingerprint density at radius 3 is 2.62 bits per heavy atom. The van der Waals surface area contributed by atoms with Crippen LogP contribution in [0.4, 0.5) is 13.2 Å². The number of hydrogen-bond acceptors (Lipinski definition) is 2. The van der Waals surface area contributed by atoms with Crippen molar-refractivity contribution in [1.29, 1.82) is 0 Å². The van der Waals surface area contributed by atoms with Crippen molar-refractivity contribution in [3.63, 3.8) is 0 Å². The maximum absolute atomic E-state index is 11.8.